The number of rotatable bonds is 4. The SMILES string of the molecule is NC(=Nc1ccc(Cc2ccccc2)cc1)c1ccccc1. The molecule has 0 unspecified atom stereocenters. The lowest BCUT2D eigenvalue weighted by Gasteiger charge is -2.04. The Labute approximate surface area is 131 Å². The van der Waals surface area contributed by atoms with Gasteiger partial charge in [-0.3, -0.25) is 0 Å². The summed E-state index contributed by atoms with van der Waals surface area (Å²) < 4.78 is 0. The van der Waals surface area contributed by atoms with Gasteiger partial charge in [-0.25, -0.2) is 4.99 Å². The van der Waals surface area contributed by atoms with Crippen LogP contribution in [0.15, 0.2) is 89.9 Å². The van der Waals surface area contributed by atoms with Gasteiger partial charge >= 0.3 is 0 Å². The first-order valence-electron chi connectivity index (χ1n) is 7.34. The first-order chi connectivity index (χ1) is 10.8. The Morgan fingerprint density at radius 2 is 1.23 bits per heavy atom. The molecule has 0 aliphatic rings. The van der Waals surface area contributed by atoms with Crippen molar-refractivity contribution >= 4 is 11.5 Å². The number of aliphatic imine (C=N–C) groups is 1. The maximum Gasteiger partial charge on any atom is 0.131 e. The monoisotopic (exact) mass is 286 g/mol. The Balaban J connectivity index is 1.74. The second kappa shape index (κ2) is 6.72. The van der Waals surface area contributed by atoms with Crippen LogP contribution in [0.1, 0.15) is 16.7 Å². The van der Waals surface area contributed by atoms with Gasteiger partial charge in [-0.2, -0.15) is 0 Å². The third-order valence-corrected chi connectivity index (χ3v) is 3.51. The molecule has 0 bridgehead atoms. The molecule has 0 atom stereocenters. The van der Waals surface area contributed by atoms with Crippen molar-refractivity contribution in [1.29, 1.82) is 0 Å². The van der Waals surface area contributed by atoms with E-state index in [0.717, 1.165) is 17.7 Å². The zero-order valence-corrected chi connectivity index (χ0v) is 12.3. The number of amidine groups is 1. The minimum atomic E-state index is 0.538. The molecule has 0 aliphatic heterocycles. The Morgan fingerprint density at radius 3 is 1.86 bits per heavy atom. The lowest BCUT2D eigenvalue weighted by Crippen LogP contribution is -2.12. The topological polar surface area (TPSA) is 38.4 Å². The van der Waals surface area contributed by atoms with Crippen molar-refractivity contribution in [2.75, 3.05) is 0 Å². The fourth-order valence-corrected chi connectivity index (χ4v) is 2.33. The van der Waals surface area contributed by atoms with Crippen LogP contribution in [-0.4, -0.2) is 5.84 Å². The van der Waals surface area contributed by atoms with Crippen molar-refractivity contribution < 1.29 is 0 Å². The number of hydrogen-bond acceptors (Lipinski definition) is 1. The Hall–Kier alpha value is -2.87. The third kappa shape index (κ3) is 3.61. The van der Waals surface area contributed by atoms with Crippen LogP contribution in [0.2, 0.25) is 0 Å². The highest BCUT2D eigenvalue weighted by molar-refractivity contribution is 5.98. The number of nitrogens with two attached hydrogens (primary N) is 1. The van der Waals surface area contributed by atoms with E-state index in [4.69, 9.17) is 5.73 Å². The van der Waals surface area contributed by atoms with Gasteiger partial charge in [-0.1, -0.05) is 72.8 Å². The quantitative estimate of drug-likeness (QED) is 0.563. The summed E-state index contributed by atoms with van der Waals surface area (Å²) in [4.78, 5) is 4.47. The van der Waals surface area contributed by atoms with E-state index in [9.17, 15) is 0 Å². The van der Waals surface area contributed by atoms with Crippen molar-refractivity contribution in [3.8, 4) is 0 Å². The Morgan fingerprint density at radius 1 is 0.682 bits per heavy atom. The third-order valence-electron chi connectivity index (χ3n) is 3.51. The predicted molar refractivity (Wildman–Crippen MR) is 92.5 cm³/mol. The van der Waals surface area contributed by atoms with E-state index in [-0.39, 0.29) is 0 Å². The molecule has 0 spiro atoms. The molecule has 0 radical (unpaired) electrons. The summed E-state index contributed by atoms with van der Waals surface area (Å²) in [5.74, 6) is 0.538. The van der Waals surface area contributed by atoms with E-state index in [1.807, 2.05) is 48.5 Å². The van der Waals surface area contributed by atoms with Crippen molar-refractivity contribution in [1.82, 2.24) is 0 Å². The zero-order chi connectivity index (χ0) is 15.2. The molecule has 22 heavy (non-hydrogen) atoms. The average Bonchev–Trinajstić information content (AvgIpc) is 2.58. The van der Waals surface area contributed by atoms with Crippen LogP contribution in [-0.2, 0) is 6.42 Å². The highest BCUT2D eigenvalue weighted by Crippen LogP contribution is 2.16. The van der Waals surface area contributed by atoms with Crippen LogP contribution in [0.3, 0.4) is 0 Å². The highest BCUT2D eigenvalue weighted by Gasteiger charge is 1.99. The summed E-state index contributed by atoms with van der Waals surface area (Å²) in [6.45, 7) is 0. The summed E-state index contributed by atoms with van der Waals surface area (Å²) in [6.07, 6.45) is 0.930. The lowest BCUT2D eigenvalue weighted by atomic mass is 10.0. The number of nitrogens with zero attached hydrogens (tertiary/aromatic N) is 1. The van der Waals surface area contributed by atoms with E-state index in [0.29, 0.717) is 5.84 Å². The smallest absolute Gasteiger partial charge is 0.131 e. The molecule has 0 fully saturated rings. The first kappa shape index (κ1) is 14.1. The van der Waals surface area contributed by atoms with Crippen molar-refractivity contribution in [2.24, 2.45) is 10.7 Å². The van der Waals surface area contributed by atoms with Crippen molar-refractivity contribution in [3.05, 3.63) is 102 Å². The number of hydrogen-bond donors (Lipinski definition) is 1. The van der Waals surface area contributed by atoms with Gasteiger partial charge in [0, 0.05) is 5.56 Å². The predicted octanol–water partition coefficient (Wildman–Crippen LogP) is 4.31. The maximum absolute atomic E-state index is 6.04. The molecule has 0 aliphatic carbocycles. The molecule has 0 aromatic heterocycles. The fourth-order valence-electron chi connectivity index (χ4n) is 2.33. The largest absolute Gasteiger partial charge is 0.383 e. The molecule has 3 rings (SSSR count). The molecule has 0 heterocycles. The highest BCUT2D eigenvalue weighted by atomic mass is 14.9. The van der Waals surface area contributed by atoms with Crippen molar-refractivity contribution in [3.63, 3.8) is 0 Å². The van der Waals surface area contributed by atoms with E-state index in [1.165, 1.54) is 11.1 Å². The van der Waals surface area contributed by atoms with Gasteiger partial charge in [0.05, 0.1) is 5.69 Å². The molecule has 0 amide bonds. The summed E-state index contributed by atoms with van der Waals surface area (Å²) in [6, 6.07) is 28.5. The summed E-state index contributed by atoms with van der Waals surface area (Å²) >= 11 is 0. The lowest BCUT2D eigenvalue weighted by molar-refractivity contribution is 1.19. The summed E-state index contributed by atoms with van der Waals surface area (Å²) in [5.41, 5.74) is 10.4. The van der Waals surface area contributed by atoms with Crippen LogP contribution in [0, 0.1) is 0 Å². The second-order valence-electron chi connectivity index (χ2n) is 5.19. The minimum Gasteiger partial charge on any atom is -0.383 e. The average molecular weight is 286 g/mol. The van der Waals surface area contributed by atoms with Crippen LogP contribution >= 0.6 is 0 Å². The molecule has 0 saturated heterocycles. The molecule has 108 valence electrons. The van der Waals surface area contributed by atoms with Gasteiger partial charge in [-0.05, 0) is 29.7 Å². The van der Waals surface area contributed by atoms with Gasteiger partial charge in [0.25, 0.3) is 0 Å². The number of benzene rings is 3. The Bertz CT molecular complexity index is 745. The van der Waals surface area contributed by atoms with Crippen LogP contribution in [0.4, 0.5) is 5.69 Å². The van der Waals surface area contributed by atoms with Crippen LogP contribution in [0.5, 0.6) is 0 Å². The molecule has 3 aromatic carbocycles. The van der Waals surface area contributed by atoms with Gasteiger partial charge < -0.3 is 5.73 Å². The van der Waals surface area contributed by atoms with Gasteiger partial charge in [-0.15, -0.1) is 0 Å². The van der Waals surface area contributed by atoms with Gasteiger partial charge in [0.2, 0.25) is 0 Å². The fraction of sp³-hybridized carbons (Fsp3) is 0.0500. The first-order valence-corrected chi connectivity index (χ1v) is 7.34. The van der Waals surface area contributed by atoms with Crippen LogP contribution < -0.4 is 5.73 Å². The minimum absolute atomic E-state index is 0.538. The second-order valence-corrected chi connectivity index (χ2v) is 5.19. The van der Waals surface area contributed by atoms with Crippen LogP contribution in [0.25, 0.3) is 0 Å². The molecule has 3 aromatic rings. The van der Waals surface area contributed by atoms with E-state index in [1.54, 1.807) is 0 Å². The van der Waals surface area contributed by atoms with E-state index >= 15 is 0 Å². The van der Waals surface area contributed by atoms with Gasteiger partial charge in [0.15, 0.2) is 0 Å². The molecule has 0 saturated carbocycles. The maximum atomic E-state index is 6.04. The molecule has 2 heteroatoms. The summed E-state index contributed by atoms with van der Waals surface area (Å²) in [7, 11) is 0. The standard InChI is InChI=1S/C20H18N2/c21-20(18-9-5-2-6-10-18)22-19-13-11-17(12-14-19)15-16-7-3-1-4-8-16/h1-14H,15H2,(H2,21,22). The zero-order valence-electron chi connectivity index (χ0n) is 12.3. The molecule has 2 nitrogen and oxygen atoms in total. The Kier molecular flexibility index (Phi) is 4.30. The van der Waals surface area contributed by atoms with E-state index in [2.05, 4.69) is 41.4 Å². The van der Waals surface area contributed by atoms with Crippen molar-refractivity contribution in [2.45, 2.75) is 6.42 Å². The normalized spacial score (nSPS) is 11.4. The summed E-state index contributed by atoms with van der Waals surface area (Å²) in [5, 5.41) is 0. The van der Waals surface area contributed by atoms with Gasteiger partial charge in [0.1, 0.15) is 5.84 Å². The van der Waals surface area contributed by atoms with E-state index < -0.39 is 0 Å². The molecular formula is C20H18N2. The molecular weight excluding hydrogens is 268 g/mol. The molecule has 2 N–H and O–H groups in total.